The molecule has 11 heteroatoms. The van der Waals surface area contributed by atoms with Crippen molar-refractivity contribution in [2.75, 3.05) is 37.9 Å². The van der Waals surface area contributed by atoms with Crippen LogP contribution in [0.5, 0.6) is 0 Å². The lowest BCUT2D eigenvalue weighted by atomic mass is 9.88. The fourth-order valence-electron chi connectivity index (χ4n) is 3.50. The first-order valence-electron chi connectivity index (χ1n) is 10.9. The van der Waals surface area contributed by atoms with Crippen LogP contribution < -0.4 is 10.6 Å². The van der Waals surface area contributed by atoms with Crippen LogP contribution in [0.2, 0.25) is 0 Å². The minimum atomic E-state index is -0.103. The second kappa shape index (κ2) is 10.3. The summed E-state index contributed by atoms with van der Waals surface area (Å²) in [5.74, 6) is 1.96. The second-order valence-electron chi connectivity index (χ2n) is 8.16. The van der Waals surface area contributed by atoms with Crippen molar-refractivity contribution in [3.8, 4) is 22.8 Å². The van der Waals surface area contributed by atoms with Gasteiger partial charge in [0, 0.05) is 44.9 Å². The predicted molar refractivity (Wildman–Crippen MR) is 127 cm³/mol. The van der Waals surface area contributed by atoms with Crippen molar-refractivity contribution < 1.29 is 9.26 Å². The minimum Gasteiger partial charge on any atom is -0.383 e. The average Bonchev–Trinajstić information content (AvgIpc) is 3.33. The van der Waals surface area contributed by atoms with Gasteiger partial charge >= 0.3 is 0 Å². The molecule has 0 amide bonds. The third kappa shape index (κ3) is 5.15. The first-order chi connectivity index (χ1) is 16.5. The minimum absolute atomic E-state index is 0.103. The topological polar surface area (TPSA) is 142 Å². The molecule has 0 aliphatic carbocycles. The molecule has 34 heavy (non-hydrogen) atoms. The molecule has 4 aromatic heterocycles. The molecule has 0 aliphatic heterocycles. The number of hydrogen-bond acceptors (Lipinski definition) is 11. The van der Waals surface area contributed by atoms with Crippen LogP contribution in [0.3, 0.4) is 0 Å². The van der Waals surface area contributed by atoms with Gasteiger partial charge in [-0.2, -0.15) is 4.98 Å². The molecule has 11 nitrogen and oxygen atoms in total. The highest BCUT2D eigenvalue weighted by Crippen LogP contribution is 2.31. The smallest absolute Gasteiger partial charge is 0.278 e. The van der Waals surface area contributed by atoms with E-state index in [9.17, 15) is 0 Å². The van der Waals surface area contributed by atoms with Crippen molar-refractivity contribution in [2.45, 2.75) is 19.8 Å². The lowest BCUT2D eigenvalue weighted by Gasteiger charge is -2.17. The zero-order valence-corrected chi connectivity index (χ0v) is 19.6. The van der Waals surface area contributed by atoms with E-state index in [1.807, 2.05) is 30.3 Å². The van der Waals surface area contributed by atoms with E-state index in [1.54, 1.807) is 31.9 Å². The van der Waals surface area contributed by atoms with Crippen LogP contribution in [0.4, 0.5) is 11.8 Å². The molecule has 0 saturated carbocycles. The molecule has 0 fully saturated rings. The van der Waals surface area contributed by atoms with Crippen molar-refractivity contribution in [1.82, 2.24) is 35.1 Å². The van der Waals surface area contributed by atoms with Gasteiger partial charge in [0.05, 0.1) is 30.6 Å². The summed E-state index contributed by atoms with van der Waals surface area (Å²) in [6, 6.07) is 3.93. The molecule has 0 spiro atoms. The predicted octanol–water partition coefficient (Wildman–Crippen LogP) is 2.83. The number of hydrogen-bond donors (Lipinski definition) is 1. The Morgan fingerprint density at radius 1 is 0.971 bits per heavy atom. The Morgan fingerprint density at radius 2 is 1.74 bits per heavy atom. The van der Waals surface area contributed by atoms with E-state index >= 15 is 0 Å². The summed E-state index contributed by atoms with van der Waals surface area (Å²) in [5, 5.41) is 4.24. The van der Waals surface area contributed by atoms with Gasteiger partial charge in [0.1, 0.15) is 11.5 Å². The molecule has 0 aromatic carbocycles. The molecule has 2 N–H and O–H groups in total. The molecule has 0 unspecified atom stereocenters. The van der Waals surface area contributed by atoms with Crippen LogP contribution in [0.25, 0.3) is 22.8 Å². The Balaban J connectivity index is 1.54. The first kappa shape index (κ1) is 23.2. The highest BCUT2D eigenvalue weighted by atomic mass is 16.5. The Bertz CT molecular complexity index is 1190. The Morgan fingerprint density at radius 3 is 2.35 bits per heavy atom. The van der Waals surface area contributed by atoms with Crippen LogP contribution >= 0.6 is 0 Å². The molecule has 0 bridgehead atoms. The van der Waals surface area contributed by atoms with Crippen LogP contribution in [-0.2, 0) is 4.74 Å². The number of aromatic nitrogens is 7. The highest BCUT2D eigenvalue weighted by Gasteiger charge is 2.25. The first-order valence-corrected chi connectivity index (χ1v) is 10.9. The Hall–Kier alpha value is -3.99. The van der Waals surface area contributed by atoms with Gasteiger partial charge in [0.2, 0.25) is 5.95 Å². The molecular formula is C23H27N9O2. The number of ether oxygens (including phenoxy) is 1. The molecule has 0 saturated heterocycles. The summed E-state index contributed by atoms with van der Waals surface area (Å²) in [7, 11) is 3.60. The molecule has 0 aliphatic rings. The molecule has 4 heterocycles. The number of rotatable bonds is 9. The number of likely N-dealkylation sites (N-methyl/N-ethyl adjacent to an activating group) is 1. The largest absolute Gasteiger partial charge is 0.383 e. The highest BCUT2D eigenvalue weighted by molar-refractivity contribution is 5.57. The van der Waals surface area contributed by atoms with Crippen LogP contribution in [0.15, 0.2) is 47.6 Å². The Labute approximate surface area is 197 Å². The normalized spacial score (nSPS) is 12.1. The van der Waals surface area contributed by atoms with Gasteiger partial charge < -0.3 is 19.9 Å². The summed E-state index contributed by atoms with van der Waals surface area (Å²) < 4.78 is 10.6. The number of nitrogens with two attached hydrogens (primary N) is 1. The van der Waals surface area contributed by atoms with Gasteiger partial charge in [0.15, 0.2) is 5.82 Å². The zero-order valence-electron chi connectivity index (χ0n) is 19.6. The molecule has 0 radical (unpaired) electrons. The third-order valence-corrected chi connectivity index (χ3v) is 5.38. The fourth-order valence-corrected chi connectivity index (χ4v) is 3.50. The molecule has 176 valence electrons. The van der Waals surface area contributed by atoms with Gasteiger partial charge in [-0.3, -0.25) is 4.98 Å². The molecule has 4 rings (SSSR count). The number of pyridine rings is 1. The van der Waals surface area contributed by atoms with Gasteiger partial charge in [-0.15, -0.1) is 0 Å². The maximum absolute atomic E-state index is 5.57. The van der Waals surface area contributed by atoms with Gasteiger partial charge in [-0.1, -0.05) is 25.1 Å². The van der Waals surface area contributed by atoms with Crippen molar-refractivity contribution in [3.05, 3.63) is 54.5 Å². The van der Waals surface area contributed by atoms with Gasteiger partial charge in [-0.05, 0) is 17.5 Å². The third-order valence-electron chi connectivity index (χ3n) is 5.38. The van der Waals surface area contributed by atoms with Crippen molar-refractivity contribution in [1.29, 1.82) is 0 Å². The van der Waals surface area contributed by atoms with Crippen molar-refractivity contribution in [3.63, 3.8) is 0 Å². The quantitative estimate of drug-likeness (QED) is 0.393. The van der Waals surface area contributed by atoms with Crippen LogP contribution in [-0.4, -0.2) is 62.4 Å². The van der Waals surface area contributed by atoms with E-state index in [1.165, 1.54) is 0 Å². The fraction of sp³-hybridized carbons (Fsp3) is 0.348. The monoisotopic (exact) mass is 461 g/mol. The van der Waals surface area contributed by atoms with E-state index in [4.69, 9.17) is 15.0 Å². The summed E-state index contributed by atoms with van der Waals surface area (Å²) >= 11 is 0. The van der Waals surface area contributed by atoms with Gasteiger partial charge in [-0.25, -0.2) is 19.9 Å². The summed E-state index contributed by atoms with van der Waals surface area (Å²) in [5.41, 5.74) is 8.60. The lowest BCUT2D eigenvalue weighted by molar-refractivity contribution is 0.206. The summed E-state index contributed by atoms with van der Waals surface area (Å²) in [4.78, 5) is 28.1. The van der Waals surface area contributed by atoms with E-state index in [2.05, 4.69) is 48.9 Å². The molecule has 4 aromatic rings. The maximum atomic E-state index is 5.57. The average molecular weight is 462 g/mol. The van der Waals surface area contributed by atoms with E-state index in [-0.39, 0.29) is 17.8 Å². The Kier molecular flexibility index (Phi) is 7.02. The van der Waals surface area contributed by atoms with Gasteiger partial charge in [0.25, 0.3) is 5.89 Å². The van der Waals surface area contributed by atoms with Crippen molar-refractivity contribution in [2.24, 2.45) is 5.92 Å². The number of anilines is 2. The van der Waals surface area contributed by atoms with Crippen molar-refractivity contribution >= 4 is 11.8 Å². The number of nitrogens with zero attached hydrogens (tertiary/aromatic N) is 8. The van der Waals surface area contributed by atoms with E-state index in [0.717, 1.165) is 22.6 Å². The summed E-state index contributed by atoms with van der Waals surface area (Å²) in [6.45, 7) is 5.52. The SMILES string of the molecule is COCCN(C)c1cnc(-c2nc([C@@H](c3ccc(-c4cnc(N)nc4)nc3)C(C)C)no2)cn1. The maximum Gasteiger partial charge on any atom is 0.278 e. The lowest BCUT2D eigenvalue weighted by Crippen LogP contribution is -2.23. The molecule has 1 atom stereocenters. The van der Waals surface area contributed by atoms with Crippen LogP contribution in [0, 0.1) is 5.92 Å². The summed E-state index contributed by atoms with van der Waals surface area (Å²) in [6.07, 6.45) is 8.43. The second-order valence-corrected chi connectivity index (χ2v) is 8.16. The zero-order chi connectivity index (χ0) is 24.1. The standard InChI is InChI=1S/C23H27N9O2/c1-14(2)20(15-5-6-17(25-9-15)16-10-28-23(24)29-11-16)21-30-22(34-31-21)18-12-27-19(13-26-18)32(3)7-8-33-4/h5-6,9-14,20H,7-8H2,1-4H3,(H2,24,28,29)/t20-/m1/s1. The number of methoxy groups -OCH3 is 1. The van der Waals surface area contributed by atoms with E-state index in [0.29, 0.717) is 30.6 Å². The van der Waals surface area contributed by atoms with Crippen LogP contribution in [0.1, 0.15) is 31.2 Å². The molecular weight excluding hydrogens is 434 g/mol. The number of nitrogen functional groups attached to an aromatic ring is 1. The van der Waals surface area contributed by atoms with E-state index < -0.39 is 0 Å².